The van der Waals surface area contributed by atoms with Crippen LogP contribution in [-0.4, -0.2) is 19.1 Å². The number of hydrogen-bond donors (Lipinski definition) is 1. The zero-order valence-electron chi connectivity index (χ0n) is 12.6. The van der Waals surface area contributed by atoms with E-state index in [1.165, 1.54) is 5.56 Å². The molecule has 0 aliphatic rings. The molecule has 1 N–H and O–H groups in total. The highest BCUT2D eigenvalue weighted by atomic mass is 79.9. The average molecular weight is 362 g/mol. The number of ether oxygens (including phenoxy) is 1. The summed E-state index contributed by atoms with van der Waals surface area (Å²) in [5.74, 6) is -0.0661. The number of carbonyl (C=O) groups is 1. The molecule has 0 unspecified atom stereocenters. The van der Waals surface area contributed by atoms with Gasteiger partial charge in [0.1, 0.15) is 0 Å². The van der Waals surface area contributed by atoms with Gasteiger partial charge in [-0.3, -0.25) is 4.79 Å². The molecule has 22 heavy (non-hydrogen) atoms. The van der Waals surface area contributed by atoms with E-state index in [0.29, 0.717) is 18.7 Å². The maximum absolute atomic E-state index is 12.0. The number of nitrogens with one attached hydrogen (secondary N) is 1. The van der Waals surface area contributed by atoms with Crippen molar-refractivity contribution in [1.82, 2.24) is 5.32 Å². The summed E-state index contributed by atoms with van der Waals surface area (Å²) >= 11 is 3.38. The molecule has 0 aromatic heterocycles. The number of hydrogen-bond acceptors (Lipinski definition) is 2. The molecule has 2 rings (SSSR count). The Hall–Kier alpha value is -1.65. The summed E-state index contributed by atoms with van der Waals surface area (Å²) in [7, 11) is 0. The van der Waals surface area contributed by atoms with Crippen LogP contribution in [0.5, 0.6) is 0 Å². The number of amides is 1. The van der Waals surface area contributed by atoms with Gasteiger partial charge in [-0.2, -0.15) is 0 Å². The average Bonchev–Trinajstić information content (AvgIpc) is 2.55. The number of carbonyl (C=O) groups excluding carboxylic acids is 1. The zero-order valence-corrected chi connectivity index (χ0v) is 14.2. The Kier molecular flexibility index (Phi) is 6.62. The normalized spacial score (nSPS) is 11.9. The van der Waals surface area contributed by atoms with E-state index in [-0.39, 0.29) is 12.0 Å². The molecule has 0 fully saturated rings. The quantitative estimate of drug-likeness (QED) is 0.744. The van der Waals surface area contributed by atoms with Gasteiger partial charge in [0.05, 0.1) is 11.7 Å². The Morgan fingerprint density at radius 3 is 2.55 bits per heavy atom. The number of benzene rings is 2. The van der Waals surface area contributed by atoms with Crippen molar-refractivity contribution in [2.75, 3.05) is 13.2 Å². The maximum atomic E-state index is 12.0. The molecular weight excluding hydrogens is 342 g/mol. The van der Waals surface area contributed by atoms with Gasteiger partial charge >= 0.3 is 0 Å². The second-order valence-corrected chi connectivity index (χ2v) is 5.87. The van der Waals surface area contributed by atoms with Crippen molar-refractivity contribution in [1.29, 1.82) is 0 Å². The van der Waals surface area contributed by atoms with Crippen molar-refractivity contribution in [3.8, 4) is 0 Å². The molecule has 0 spiro atoms. The van der Waals surface area contributed by atoms with E-state index in [4.69, 9.17) is 4.74 Å². The van der Waals surface area contributed by atoms with Gasteiger partial charge in [-0.25, -0.2) is 0 Å². The van der Waals surface area contributed by atoms with Crippen molar-refractivity contribution < 1.29 is 9.53 Å². The van der Waals surface area contributed by atoms with E-state index in [0.717, 1.165) is 10.9 Å². The van der Waals surface area contributed by atoms with E-state index in [2.05, 4.69) is 33.4 Å². The minimum absolute atomic E-state index is 0.0661. The third-order valence-corrected chi connectivity index (χ3v) is 4.05. The number of halogens is 1. The third kappa shape index (κ3) is 4.97. The third-order valence-electron chi connectivity index (χ3n) is 3.36. The molecule has 1 amide bonds. The van der Waals surface area contributed by atoms with E-state index in [9.17, 15) is 4.79 Å². The van der Waals surface area contributed by atoms with Gasteiger partial charge in [-0.15, -0.1) is 0 Å². The second-order valence-electron chi connectivity index (χ2n) is 5.01. The number of rotatable bonds is 7. The Morgan fingerprint density at radius 1 is 1.14 bits per heavy atom. The van der Waals surface area contributed by atoms with Crippen LogP contribution >= 0.6 is 15.9 Å². The first kappa shape index (κ1) is 16.7. The molecule has 2 aromatic rings. The largest absolute Gasteiger partial charge is 0.374 e. The van der Waals surface area contributed by atoms with Crippen LogP contribution in [0.1, 0.15) is 35.4 Å². The molecule has 1 atom stereocenters. The zero-order chi connectivity index (χ0) is 15.8. The van der Waals surface area contributed by atoms with Gasteiger partial charge in [-0.1, -0.05) is 42.5 Å². The molecule has 0 bridgehead atoms. The summed E-state index contributed by atoms with van der Waals surface area (Å²) in [4.78, 5) is 12.0. The fourth-order valence-corrected chi connectivity index (χ4v) is 2.56. The Balaban J connectivity index is 1.67. The molecule has 0 aliphatic heterocycles. The molecule has 0 heterocycles. The Morgan fingerprint density at radius 2 is 1.82 bits per heavy atom. The fraction of sp³-hybridized carbons (Fsp3) is 0.278. The van der Waals surface area contributed by atoms with Crippen LogP contribution in [0.4, 0.5) is 0 Å². The molecule has 4 heteroatoms. The van der Waals surface area contributed by atoms with Crippen LogP contribution in [-0.2, 0) is 4.74 Å². The molecule has 2 aromatic carbocycles. The lowest BCUT2D eigenvalue weighted by atomic mass is 10.1. The van der Waals surface area contributed by atoms with Gasteiger partial charge in [0.15, 0.2) is 0 Å². The first-order valence-corrected chi connectivity index (χ1v) is 8.17. The molecule has 0 saturated carbocycles. The molecule has 0 radical (unpaired) electrons. The lowest BCUT2D eigenvalue weighted by Crippen LogP contribution is -2.25. The Bertz CT molecular complexity index is 601. The second kappa shape index (κ2) is 8.71. The summed E-state index contributed by atoms with van der Waals surface area (Å²) in [6, 6.07) is 17.5. The highest BCUT2D eigenvalue weighted by Gasteiger charge is 2.08. The van der Waals surface area contributed by atoms with Gasteiger partial charge in [-0.05, 0) is 47.0 Å². The lowest BCUT2D eigenvalue weighted by molar-refractivity contribution is 0.0635. The molecule has 3 nitrogen and oxygen atoms in total. The predicted octanol–water partition coefficient (Wildman–Crippen LogP) is 4.35. The minimum atomic E-state index is -0.0661. The van der Waals surface area contributed by atoms with Crippen molar-refractivity contribution >= 4 is 21.8 Å². The highest BCUT2D eigenvalue weighted by molar-refractivity contribution is 9.10. The van der Waals surface area contributed by atoms with Crippen LogP contribution in [0.25, 0.3) is 0 Å². The van der Waals surface area contributed by atoms with Crippen molar-refractivity contribution in [3.63, 3.8) is 0 Å². The van der Waals surface area contributed by atoms with E-state index < -0.39 is 0 Å². The van der Waals surface area contributed by atoms with Crippen LogP contribution < -0.4 is 5.32 Å². The van der Waals surface area contributed by atoms with Crippen molar-refractivity contribution in [3.05, 3.63) is 70.2 Å². The van der Waals surface area contributed by atoms with Crippen LogP contribution in [0.3, 0.4) is 0 Å². The molecule has 0 aliphatic carbocycles. The smallest absolute Gasteiger partial charge is 0.252 e. The SMILES string of the molecule is C[C@@H](OCCCNC(=O)c1ccccc1Br)c1ccccc1. The van der Waals surface area contributed by atoms with E-state index >= 15 is 0 Å². The van der Waals surface area contributed by atoms with Gasteiger partial charge in [0, 0.05) is 17.6 Å². The van der Waals surface area contributed by atoms with Gasteiger partial charge in [0.2, 0.25) is 0 Å². The minimum Gasteiger partial charge on any atom is -0.374 e. The summed E-state index contributed by atoms with van der Waals surface area (Å²) < 4.78 is 6.59. The monoisotopic (exact) mass is 361 g/mol. The van der Waals surface area contributed by atoms with E-state index in [1.807, 2.05) is 43.3 Å². The Labute approximate surface area is 139 Å². The van der Waals surface area contributed by atoms with Crippen LogP contribution in [0.15, 0.2) is 59.1 Å². The first-order chi connectivity index (χ1) is 10.7. The molecular formula is C18H20BrNO2. The van der Waals surface area contributed by atoms with E-state index in [1.54, 1.807) is 6.07 Å². The predicted molar refractivity (Wildman–Crippen MR) is 91.9 cm³/mol. The lowest BCUT2D eigenvalue weighted by Gasteiger charge is -2.13. The van der Waals surface area contributed by atoms with Gasteiger partial charge in [0.25, 0.3) is 5.91 Å². The summed E-state index contributed by atoms with van der Waals surface area (Å²) in [6.07, 6.45) is 0.855. The summed E-state index contributed by atoms with van der Waals surface area (Å²) in [5, 5.41) is 2.90. The maximum Gasteiger partial charge on any atom is 0.252 e. The van der Waals surface area contributed by atoms with Crippen LogP contribution in [0, 0.1) is 0 Å². The summed E-state index contributed by atoms with van der Waals surface area (Å²) in [6.45, 7) is 3.25. The summed E-state index contributed by atoms with van der Waals surface area (Å²) in [5.41, 5.74) is 1.82. The van der Waals surface area contributed by atoms with Gasteiger partial charge < -0.3 is 10.1 Å². The molecule has 116 valence electrons. The molecule has 0 saturated heterocycles. The van der Waals surface area contributed by atoms with Crippen molar-refractivity contribution in [2.24, 2.45) is 0 Å². The van der Waals surface area contributed by atoms with Crippen LogP contribution in [0.2, 0.25) is 0 Å². The van der Waals surface area contributed by atoms with Crippen molar-refractivity contribution in [2.45, 2.75) is 19.4 Å². The first-order valence-electron chi connectivity index (χ1n) is 7.38. The fourth-order valence-electron chi connectivity index (χ4n) is 2.10. The standard InChI is InChI=1S/C18H20BrNO2/c1-14(15-8-3-2-4-9-15)22-13-7-12-20-18(21)16-10-5-6-11-17(16)19/h2-6,8-11,14H,7,12-13H2,1H3,(H,20,21)/t14-/m1/s1. The highest BCUT2D eigenvalue weighted by Crippen LogP contribution is 2.16. The topological polar surface area (TPSA) is 38.3 Å².